The van der Waals surface area contributed by atoms with Gasteiger partial charge in [-0.15, -0.1) is 11.6 Å². The fourth-order valence-electron chi connectivity index (χ4n) is 1.62. The number of hydrogen-bond acceptors (Lipinski definition) is 0. The molecule has 0 saturated heterocycles. The highest BCUT2D eigenvalue weighted by molar-refractivity contribution is 6.36. The monoisotopic (exact) mass is 322 g/mol. The lowest BCUT2D eigenvalue weighted by molar-refractivity contribution is 0.612. The first-order chi connectivity index (χ1) is 8.50. The summed E-state index contributed by atoms with van der Waals surface area (Å²) in [6.45, 7) is 0. The molecule has 0 aliphatic heterocycles. The van der Waals surface area contributed by atoms with E-state index in [0.29, 0.717) is 15.6 Å². The molecule has 2 aromatic carbocycles. The van der Waals surface area contributed by atoms with Crippen LogP contribution in [0, 0.1) is 5.82 Å². The molecule has 2 aromatic rings. The fraction of sp³-hybridized carbons (Fsp3) is 0.0769. The van der Waals surface area contributed by atoms with Gasteiger partial charge in [0.25, 0.3) is 0 Å². The summed E-state index contributed by atoms with van der Waals surface area (Å²) >= 11 is 24.1. The lowest BCUT2D eigenvalue weighted by Gasteiger charge is -2.14. The van der Waals surface area contributed by atoms with Gasteiger partial charge in [0, 0.05) is 20.6 Å². The minimum atomic E-state index is -0.761. The second-order valence-corrected chi connectivity index (χ2v) is 5.35. The molecule has 94 valence electrons. The Morgan fingerprint density at radius 3 is 2.28 bits per heavy atom. The Labute approximate surface area is 124 Å². The van der Waals surface area contributed by atoms with Crippen LogP contribution in [0.25, 0.3) is 0 Å². The summed E-state index contributed by atoms with van der Waals surface area (Å²) in [4.78, 5) is 0. The number of halogens is 5. The van der Waals surface area contributed by atoms with Crippen molar-refractivity contribution in [2.24, 2.45) is 0 Å². The number of rotatable bonds is 2. The Kier molecular flexibility index (Phi) is 4.39. The maximum Gasteiger partial charge on any atom is 0.129 e. The van der Waals surface area contributed by atoms with E-state index in [1.165, 1.54) is 12.1 Å². The molecule has 0 saturated carbocycles. The molecule has 0 N–H and O–H groups in total. The Morgan fingerprint density at radius 1 is 0.944 bits per heavy atom. The molecule has 0 aromatic heterocycles. The SMILES string of the molecule is Fc1cccc(Cl)c1C(Cl)c1ccc(Cl)cc1Cl. The van der Waals surface area contributed by atoms with Gasteiger partial charge in [0.15, 0.2) is 0 Å². The van der Waals surface area contributed by atoms with E-state index < -0.39 is 11.2 Å². The summed E-state index contributed by atoms with van der Waals surface area (Å²) < 4.78 is 13.8. The van der Waals surface area contributed by atoms with Crippen molar-refractivity contribution in [3.8, 4) is 0 Å². The Balaban J connectivity index is 2.51. The highest BCUT2D eigenvalue weighted by Gasteiger charge is 2.20. The van der Waals surface area contributed by atoms with Crippen molar-refractivity contribution in [2.75, 3.05) is 0 Å². The van der Waals surface area contributed by atoms with Crippen molar-refractivity contribution in [2.45, 2.75) is 5.38 Å². The summed E-state index contributed by atoms with van der Waals surface area (Å²) in [6, 6.07) is 9.27. The van der Waals surface area contributed by atoms with Crippen LogP contribution in [-0.2, 0) is 0 Å². The van der Waals surface area contributed by atoms with Gasteiger partial charge >= 0.3 is 0 Å². The zero-order valence-electron chi connectivity index (χ0n) is 8.93. The first kappa shape index (κ1) is 14.0. The highest BCUT2D eigenvalue weighted by atomic mass is 35.5. The smallest absolute Gasteiger partial charge is 0.129 e. The molecular formula is C13H7Cl4F. The third kappa shape index (κ3) is 2.75. The first-order valence-electron chi connectivity index (χ1n) is 5.03. The average Bonchev–Trinajstić information content (AvgIpc) is 2.28. The lowest BCUT2D eigenvalue weighted by atomic mass is 10.0. The van der Waals surface area contributed by atoms with Gasteiger partial charge in [-0.05, 0) is 29.8 Å². The van der Waals surface area contributed by atoms with Gasteiger partial charge in [-0.25, -0.2) is 4.39 Å². The minimum Gasteiger partial charge on any atom is -0.207 e. The van der Waals surface area contributed by atoms with Crippen molar-refractivity contribution in [1.29, 1.82) is 0 Å². The van der Waals surface area contributed by atoms with E-state index in [2.05, 4.69) is 0 Å². The molecule has 0 spiro atoms. The van der Waals surface area contributed by atoms with Crippen LogP contribution in [0.1, 0.15) is 16.5 Å². The van der Waals surface area contributed by atoms with Crippen molar-refractivity contribution in [3.05, 3.63) is 68.4 Å². The minimum absolute atomic E-state index is 0.213. The predicted octanol–water partition coefficient (Wildman–Crippen LogP) is 6.11. The third-order valence-corrected chi connectivity index (χ3v) is 3.83. The fourth-order valence-corrected chi connectivity index (χ4v) is 2.93. The van der Waals surface area contributed by atoms with Gasteiger partial charge < -0.3 is 0 Å². The molecule has 0 fully saturated rings. The Bertz CT molecular complexity index is 563. The molecule has 2 rings (SSSR count). The number of benzene rings is 2. The lowest BCUT2D eigenvalue weighted by Crippen LogP contribution is -1.99. The topological polar surface area (TPSA) is 0 Å². The van der Waals surface area contributed by atoms with Crippen LogP contribution in [0.15, 0.2) is 36.4 Å². The summed E-state index contributed by atoms with van der Waals surface area (Å²) in [6.07, 6.45) is 0. The van der Waals surface area contributed by atoms with E-state index >= 15 is 0 Å². The van der Waals surface area contributed by atoms with Crippen LogP contribution in [0.4, 0.5) is 4.39 Å². The molecule has 18 heavy (non-hydrogen) atoms. The van der Waals surface area contributed by atoms with Gasteiger partial charge in [-0.2, -0.15) is 0 Å². The molecule has 1 unspecified atom stereocenters. The molecule has 5 heteroatoms. The van der Waals surface area contributed by atoms with Gasteiger partial charge in [0.2, 0.25) is 0 Å². The van der Waals surface area contributed by atoms with Crippen LogP contribution in [-0.4, -0.2) is 0 Å². The molecular weight excluding hydrogens is 317 g/mol. The molecule has 0 radical (unpaired) electrons. The van der Waals surface area contributed by atoms with Crippen LogP contribution in [0.3, 0.4) is 0 Å². The Hall–Kier alpha value is -0.470. The molecule has 0 amide bonds. The Morgan fingerprint density at radius 2 is 1.67 bits per heavy atom. The summed E-state index contributed by atoms with van der Waals surface area (Å²) in [7, 11) is 0. The molecule has 1 atom stereocenters. The van der Waals surface area contributed by atoms with Crippen LogP contribution in [0.2, 0.25) is 15.1 Å². The molecule has 0 heterocycles. The highest BCUT2D eigenvalue weighted by Crippen LogP contribution is 2.39. The van der Waals surface area contributed by atoms with E-state index in [0.717, 1.165) is 0 Å². The maximum atomic E-state index is 13.8. The van der Waals surface area contributed by atoms with Crippen LogP contribution < -0.4 is 0 Å². The zero-order valence-corrected chi connectivity index (χ0v) is 12.0. The van der Waals surface area contributed by atoms with Gasteiger partial charge in [0.1, 0.15) is 5.82 Å². The third-order valence-electron chi connectivity index (χ3n) is 2.49. The van der Waals surface area contributed by atoms with Gasteiger partial charge in [-0.1, -0.05) is 46.9 Å². The summed E-state index contributed by atoms with van der Waals surface area (Å²) in [5.41, 5.74) is 0.778. The maximum absolute atomic E-state index is 13.8. The average molecular weight is 324 g/mol. The molecule has 0 bridgehead atoms. The molecule has 0 aliphatic rings. The zero-order chi connectivity index (χ0) is 13.3. The van der Waals surface area contributed by atoms with Crippen molar-refractivity contribution >= 4 is 46.4 Å². The first-order valence-corrected chi connectivity index (χ1v) is 6.60. The van der Waals surface area contributed by atoms with Gasteiger partial charge in [0.05, 0.1) is 5.38 Å². The standard InChI is InChI=1S/C13H7Cl4F/c14-7-4-5-8(10(16)6-7)13(17)12-9(15)2-1-3-11(12)18/h1-6,13H. The van der Waals surface area contributed by atoms with Crippen molar-refractivity contribution in [3.63, 3.8) is 0 Å². The predicted molar refractivity (Wildman–Crippen MR) is 75.6 cm³/mol. The van der Waals surface area contributed by atoms with E-state index in [1.807, 2.05) is 0 Å². The van der Waals surface area contributed by atoms with E-state index in [4.69, 9.17) is 46.4 Å². The van der Waals surface area contributed by atoms with Crippen molar-refractivity contribution < 1.29 is 4.39 Å². The largest absolute Gasteiger partial charge is 0.207 e. The van der Waals surface area contributed by atoms with Crippen LogP contribution in [0.5, 0.6) is 0 Å². The normalized spacial score (nSPS) is 12.5. The summed E-state index contributed by atoms with van der Waals surface area (Å²) in [5.74, 6) is -0.464. The molecule has 0 aliphatic carbocycles. The second kappa shape index (κ2) is 5.66. The van der Waals surface area contributed by atoms with Gasteiger partial charge in [-0.3, -0.25) is 0 Å². The quantitative estimate of drug-likeness (QED) is 0.584. The van der Waals surface area contributed by atoms with E-state index in [-0.39, 0.29) is 10.6 Å². The summed E-state index contributed by atoms with van der Waals surface area (Å²) in [5, 5.41) is 0.374. The second-order valence-electron chi connectivity index (χ2n) is 3.66. The van der Waals surface area contributed by atoms with E-state index in [1.54, 1.807) is 24.3 Å². The van der Waals surface area contributed by atoms with Crippen LogP contribution >= 0.6 is 46.4 Å². The number of alkyl halides is 1. The number of hydrogen-bond donors (Lipinski definition) is 0. The van der Waals surface area contributed by atoms with E-state index in [9.17, 15) is 4.39 Å². The molecule has 0 nitrogen and oxygen atoms in total. The van der Waals surface area contributed by atoms with Crippen molar-refractivity contribution in [1.82, 2.24) is 0 Å².